The Kier molecular flexibility index (Phi) is 5.64. The van der Waals surface area contributed by atoms with Crippen molar-refractivity contribution in [1.29, 1.82) is 0 Å². The Morgan fingerprint density at radius 3 is 1.87 bits per heavy atom. The SMILES string of the molecule is Brc1cccc2c3ccccc3n(-c3cccc(-c4cc(-c5ccccc5)cc(-c5ccccc5)n4)c3)c12. The lowest BCUT2D eigenvalue weighted by molar-refractivity contribution is 1.17. The van der Waals surface area contributed by atoms with Crippen LogP contribution in [0.2, 0.25) is 0 Å². The van der Waals surface area contributed by atoms with Gasteiger partial charge in [0.15, 0.2) is 0 Å². The molecule has 0 spiro atoms. The summed E-state index contributed by atoms with van der Waals surface area (Å²) in [6.07, 6.45) is 0. The second-order valence-electron chi connectivity index (χ2n) is 9.40. The van der Waals surface area contributed by atoms with E-state index in [-0.39, 0.29) is 0 Å². The molecule has 0 atom stereocenters. The molecule has 38 heavy (non-hydrogen) atoms. The predicted octanol–water partition coefficient (Wildman–Crippen LogP) is 9.94. The van der Waals surface area contributed by atoms with Gasteiger partial charge in [-0.15, -0.1) is 0 Å². The standard InChI is InChI=1S/C35H23BrN2/c36-31-19-10-18-30-29-17-7-8-20-34(29)38(35(30)31)28-16-9-15-26(21-28)33-23-27(24-11-3-1-4-12-24)22-32(37-33)25-13-5-2-6-14-25/h1-23H. The van der Waals surface area contributed by atoms with Gasteiger partial charge >= 0.3 is 0 Å². The molecule has 2 aromatic heterocycles. The monoisotopic (exact) mass is 550 g/mol. The molecule has 3 heteroatoms. The van der Waals surface area contributed by atoms with E-state index in [1.807, 2.05) is 6.07 Å². The highest BCUT2D eigenvalue weighted by molar-refractivity contribution is 9.10. The molecule has 0 N–H and O–H groups in total. The van der Waals surface area contributed by atoms with Crippen LogP contribution in [0, 0.1) is 0 Å². The summed E-state index contributed by atoms with van der Waals surface area (Å²) in [4.78, 5) is 5.15. The fourth-order valence-electron chi connectivity index (χ4n) is 5.28. The highest BCUT2D eigenvalue weighted by Gasteiger charge is 2.15. The van der Waals surface area contributed by atoms with Crippen LogP contribution in [-0.2, 0) is 0 Å². The number of rotatable bonds is 4. The zero-order valence-corrected chi connectivity index (χ0v) is 22.1. The van der Waals surface area contributed by atoms with Gasteiger partial charge in [0.05, 0.1) is 22.4 Å². The molecule has 0 bridgehead atoms. The number of aromatic nitrogens is 2. The molecule has 7 aromatic rings. The van der Waals surface area contributed by atoms with Crippen LogP contribution in [0.5, 0.6) is 0 Å². The van der Waals surface area contributed by atoms with Gasteiger partial charge in [-0.1, -0.05) is 103 Å². The normalized spacial score (nSPS) is 11.3. The average Bonchev–Trinajstić information content (AvgIpc) is 3.34. The number of halogens is 1. The van der Waals surface area contributed by atoms with Gasteiger partial charge < -0.3 is 4.57 Å². The quantitative estimate of drug-likeness (QED) is 0.213. The largest absolute Gasteiger partial charge is 0.308 e. The number of para-hydroxylation sites is 2. The summed E-state index contributed by atoms with van der Waals surface area (Å²) < 4.78 is 3.42. The van der Waals surface area contributed by atoms with Gasteiger partial charge in [0.25, 0.3) is 0 Å². The number of pyridine rings is 1. The van der Waals surface area contributed by atoms with Crippen LogP contribution in [0.25, 0.3) is 61.1 Å². The van der Waals surface area contributed by atoms with Gasteiger partial charge in [0, 0.05) is 32.1 Å². The number of nitrogens with zero attached hydrogens (tertiary/aromatic N) is 2. The first-order chi connectivity index (χ1) is 18.8. The minimum Gasteiger partial charge on any atom is -0.308 e. The Labute approximate surface area is 230 Å². The molecule has 0 unspecified atom stereocenters. The number of hydrogen-bond acceptors (Lipinski definition) is 1. The molecule has 0 amide bonds. The smallest absolute Gasteiger partial charge is 0.0716 e. The molecular formula is C35H23BrN2. The Hall–Kier alpha value is -4.47. The van der Waals surface area contributed by atoms with Crippen molar-refractivity contribution in [2.24, 2.45) is 0 Å². The summed E-state index contributed by atoms with van der Waals surface area (Å²) in [6, 6.07) is 49.0. The first kappa shape index (κ1) is 22.7. The van der Waals surface area contributed by atoms with E-state index in [2.05, 4.69) is 154 Å². The van der Waals surface area contributed by atoms with Gasteiger partial charge in [-0.2, -0.15) is 0 Å². The van der Waals surface area contributed by atoms with Gasteiger partial charge in [-0.25, -0.2) is 4.98 Å². The molecule has 5 aromatic carbocycles. The maximum atomic E-state index is 5.15. The highest BCUT2D eigenvalue weighted by Crippen LogP contribution is 2.37. The van der Waals surface area contributed by atoms with Gasteiger partial charge in [0.2, 0.25) is 0 Å². The van der Waals surface area contributed by atoms with E-state index >= 15 is 0 Å². The van der Waals surface area contributed by atoms with E-state index in [0.717, 1.165) is 38.2 Å². The second kappa shape index (κ2) is 9.44. The van der Waals surface area contributed by atoms with Crippen molar-refractivity contribution in [2.75, 3.05) is 0 Å². The number of fused-ring (bicyclic) bond motifs is 3. The van der Waals surface area contributed by atoms with Crippen LogP contribution in [-0.4, -0.2) is 9.55 Å². The van der Waals surface area contributed by atoms with Crippen LogP contribution in [0.4, 0.5) is 0 Å². The molecule has 0 aliphatic heterocycles. The van der Waals surface area contributed by atoms with Crippen molar-refractivity contribution >= 4 is 37.7 Å². The zero-order valence-electron chi connectivity index (χ0n) is 20.6. The van der Waals surface area contributed by atoms with Crippen LogP contribution >= 0.6 is 15.9 Å². The third-order valence-corrected chi connectivity index (χ3v) is 7.69. The topological polar surface area (TPSA) is 17.8 Å². The molecule has 0 radical (unpaired) electrons. The molecule has 2 nitrogen and oxygen atoms in total. The Morgan fingerprint density at radius 2 is 1.08 bits per heavy atom. The number of hydrogen-bond donors (Lipinski definition) is 0. The van der Waals surface area contributed by atoms with Crippen LogP contribution in [0.3, 0.4) is 0 Å². The third kappa shape index (κ3) is 3.93. The van der Waals surface area contributed by atoms with Gasteiger partial charge in [-0.05, 0) is 63.5 Å². The van der Waals surface area contributed by atoms with E-state index in [9.17, 15) is 0 Å². The Morgan fingerprint density at radius 1 is 0.474 bits per heavy atom. The van der Waals surface area contributed by atoms with E-state index in [1.54, 1.807) is 0 Å². The zero-order chi connectivity index (χ0) is 25.5. The molecule has 2 heterocycles. The highest BCUT2D eigenvalue weighted by atomic mass is 79.9. The summed E-state index contributed by atoms with van der Waals surface area (Å²) in [6.45, 7) is 0. The summed E-state index contributed by atoms with van der Waals surface area (Å²) in [5.41, 5.74) is 9.89. The summed E-state index contributed by atoms with van der Waals surface area (Å²) >= 11 is 3.82. The predicted molar refractivity (Wildman–Crippen MR) is 163 cm³/mol. The fraction of sp³-hybridized carbons (Fsp3) is 0. The van der Waals surface area contributed by atoms with E-state index < -0.39 is 0 Å². The third-order valence-electron chi connectivity index (χ3n) is 7.05. The Balaban J connectivity index is 1.45. The lowest BCUT2D eigenvalue weighted by atomic mass is 10.00. The summed E-state index contributed by atoms with van der Waals surface area (Å²) in [5, 5.41) is 2.47. The van der Waals surface area contributed by atoms with Crippen molar-refractivity contribution in [3.8, 4) is 39.3 Å². The van der Waals surface area contributed by atoms with Crippen molar-refractivity contribution < 1.29 is 0 Å². The molecule has 180 valence electrons. The minimum absolute atomic E-state index is 0.951. The van der Waals surface area contributed by atoms with Gasteiger partial charge in [0.1, 0.15) is 0 Å². The van der Waals surface area contributed by atoms with E-state index in [1.165, 1.54) is 27.4 Å². The number of benzene rings is 5. The maximum absolute atomic E-state index is 5.15. The van der Waals surface area contributed by atoms with Crippen LogP contribution in [0.15, 0.2) is 144 Å². The van der Waals surface area contributed by atoms with E-state index in [4.69, 9.17) is 4.98 Å². The fourth-order valence-corrected chi connectivity index (χ4v) is 5.83. The molecule has 0 aliphatic carbocycles. The molecule has 0 saturated carbocycles. The summed E-state index contributed by atoms with van der Waals surface area (Å²) in [5.74, 6) is 0. The maximum Gasteiger partial charge on any atom is 0.0716 e. The molecule has 0 fully saturated rings. The molecular weight excluding hydrogens is 528 g/mol. The van der Waals surface area contributed by atoms with Crippen LogP contribution in [0.1, 0.15) is 0 Å². The summed E-state index contributed by atoms with van der Waals surface area (Å²) in [7, 11) is 0. The van der Waals surface area contributed by atoms with Crippen molar-refractivity contribution in [1.82, 2.24) is 9.55 Å². The van der Waals surface area contributed by atoms with Crippen molar-refractivity contribution in [2.45, 2.75) is 0 Å². The first-order valence-electron chi connectivity index (χ1n) is 12.7. The Bertz CT molecular complexity index is 1860. The van der Waals surface area contributed by atoms with E-state index in [0.29, 0.717) is 0 Å². The van der Waals surface area contributed by atoms with Crippen molar-refractivity contribution in [3.63, 3.8) is 0 Å². The lowest BCUT2D eigenvalue weighted by Crippen LogP contribution is -1.96. The molecule has 0 aliphatic rings. The van der Waals surface area contributed by atoms with Crippen molar-refractivity contribution in [3.05, 3.63) is 144 Å². The molecule has 7 rings (SSSR count). The lowest BCUT2D eigenvalue weighted by Gasteiger charge is -2.13. The average molecular weight is 551 g/mol. The molecule has 0 saturated heterocycles. The second-order valence-corrected chi connectivity index (χ2v) is 10.3. The van der Waals surface area contributed by atoms with Gasteiger partial charge in [-0.3, -0.25) is 0 Å². The minimum atomic E-state index is 0.951. The van der Waals surface area contributed by atoms with Crippen LogP contribution < -0.4 is 0 Å². The first-order valence-corrected chi connectivity index (χ1v) is 13.5.